The summed E-state index contributed by atoms with van der Waals surface area (Å²) in [6.45, 7) is 8.89. The Morgan fingerprint density at radius 1 is 1.14 bits per heavy atom. The third-order valence-electron chi connectivity index (χ3n) is 4.72. The molecule has 0 radical (unpaired) electrons. The zero-order valence-corrected chi connectivity index (χ0v) is 13.1. The summed E-state index contributed by atoms with van der Waals surface area (Å²) in [5.41, 5.74) is 3.06. The lowest BCUT2D eigenvalue weighted by molar-refractivity contribution is 0.0644. The van der Waals surface area contributed by atoms with E-state index >= 15 is 0 Å². The number of hydrogen-bond acceptors (Lipinski definition) is 2. The van der Waals surface area contributed by atoms with Crippen molar-refractivity contribution in [3.8, 4) is 0 Å². The molecule has 21 heavy (non-hydrogen) atoms. The largest absolute Gasteiger partial charge is 0.347 e. The Kier molecular flexibility index (Phi) is 3.72. The number of hydrogen-bond donors (Lipinski definition) is 0. The smallest absolute Gasteiger partial charge is 0.256 e. The summed E-state index contributed by atoms with van der Waals surface area (Å²) >= 11 is 0. The number of carbonyl (C=O) groups excluding carboxylic acids is 1. The molecule has 0 N–H and O–H groups in total. The number of benzene rings is 1. The first-order chi connectivity index (χ1) is 10.1. The van der Waals surface area contributed by atoms with Crippen LogP contribution in [0.15, 0.2) is 24.3 Å². The SMILES string of the molecule is CCN1CCN(C(=O)c2c(C)n(C)c3ccccc23)CC1. The minimum Gasteiger partial charge on any atom is -0.347 e. The number of carbonyl (C=O) groups is 1. The topological polar surface area (TPSA) is 28.5 Å². The van der Waals surface area contributed by atoms with Crippen LogP contribution in [-0.2, 0) is 7.05 Å². The highest BCUT2D eigenvalue weighted by Gasteiger charge is 2.25. The molecular weight excluding hydrogens is 262 g/mol. The van der Waals surface area contributed by atoms with Crippen LogP contribution < -0.4 is 0 Å². The van der Waals surface area contributed by atoms with Crippen molar-refractivity contribution in [3.63, 3.8) is 0 Å². The summed E-state index contributed by atoms with van der Waals surface area (Å²) in [5, 5.41) is 1.07. The highest BCUT2D eigenvalue weighted by atomic mass is 16.2. The molecule has 2 heterocycles. The minimum absolute atomic E-state index is 0.181. The van der Waals surface area contributed by atoms with Crippen LogP contribution >= 0.6 is 0 Å². The van der Waals surface area contributed by atoms with Gasteiger partial charge in [-0.15, -0.1) is 0 Å². The summed E-state index contributed by atoms with van der Waals surface area (Å²) in [6.07, 6.45) is 0. The average Bonchev–Trinajstić information content (AvgIpc) is 2.79. The molecule has 1 amide bonds. The van der Waals surface area contributed by atoms with E-state index in [1.165, 1.54) is 0 Å². The lowest BCUT2D eigenvalue weighted by Gasteiger charge is -2.34. The maximum absolute atomic E-state index is 12.9. The predicted molar refractivity (Wildman–Crippen MR) is 85.7 cm³/mol. The number of aryl methyl sites for hydroxylation is 1. The highest BCUT2D eigenvalue weighted by Crippen LogP contribution is 2.26. The number of aromatic nitrogens is 1. The fourth-order valence-electron chi connectivity index (χ4n) is 3.22. The van der Waals surface area contributed by atoms with Crippen LogP contribution in [0.2, 0.25) is 0 Å². The van der Waals surface area contributed by atoms with Crippen molar-refractivity contribution >= 4 is 16.8 Å². The van der Waals surface area contributed by atoms with E-state index in [1.807, 2.05) is 31.0 Å². The van der Waals surface area contributed by atoms with Crippen molar-refractivity contribution in [1.82, 2.24) is 14.4 Å². The molecule has 0 saturated carbocycles. The van der Waals surface area contributed by atoms with Gasteiger partial charge >= 0.3 is 0 Å². The third kappa shape index (κ3) is 2.33. The number of para-hydroxylation sites is 1. The zero-order valence-electron chi connectivity index (χ0n) is 13.1. The van der Waals surface area contributed by atoms with Crippen molar-refractivity contribution in [2.45, 2.75) is 13.8 Å². The minimum atomic E-state index is 0.181. The second-order valence-electron chi connectivity index (χ2n) is 5.76. The zero-order chi connectivity index (χ0) is 15.0. The molecule has 0 atom stereocenters. The molecule has 0 unspecified atom stereocenters. The van der Waals surface area contributed by atoms with Crippen molar-refractivity contribution in [2.24, 2.45) is 7.05 Å². The molecule has 0 aliphatic carbocycles. The normalized spacial score (nSPS) is 16.6. The van der Waals surface area contributed by atoms with E-state index in [2.05, 4.69) is 28.5 Å². The Bertz CT molecular complexity index is 666. The number of fused-ring (bicyclic) bond motifs is 1. The Morgan fingerprint density at radius 2 is 1.81 bits per heavy atom. The summed E-state index contributed by atoms with van der Waals surface area (Å²) in [5.74, 6) is 0.181. The highest BCUT2D eigenvalue weighted by molar-refractivity contribution is 6.08. The van der Waals surface area contributed by atoms with E-state index in [1.54, 1.807) is 0 Å². The molecule has 3 rings (SSSR count). The second-order valence-corrected chi connectivity index (χ2v) is 5.76. The van der Waals surface area contributed by atoms with Gasteiger partial charge in [-0.3, -0.25) is 4.79 Å². The van der Waals surface area contributed by atoms with Gasteiger partial charge in [-0.1, -0.05) is 25.1 Å². The van der Waals surface area contributed by atoms with Gasteiger partial charge in [0.15, 0.2) is 0 Å². The van der Waals surface area contributed by atoms with Gasteiger partial charge in [0.1, 0.15) is 0 Å². The maximum Gasteiger partial charge on any atom is 0.256 e. The summed E-state index contributed by atoms with van der Waals surface area (Å²) in [4.78, 5) is 17.3. The molecule has 1 fully saturated rings. The first-order valence-electron chi connectivity index (χ1n) is 7.69. The summed E-state index contributed by atoms with van der Waals surface area (Å²) < 4.78 is 2.12. The third-order valence-corrected chi connectivity index (χ3v) is 4.72. The van der Waals surface area contributed by atoms with Crippen LogP contribution in [0.3, 0.4) is 0 Å². The molecule has 1 aromatic carbocycles. The number of nitrogens with zero attached hydrogens (tertiary/aromatic N) is 3. The molecular formula is C17H23N3O. The Morgan fingerprint density at radius 3 is 2.48 bits per heavy atom. The van der Waals surface area contributed by atoms with E-state index in [9.17, 15) is 4.79 Å². The van der Waals surface area contributed by atoms with Gasteiger partial charge in [-0.05, 0) is 19.5 Å². The summed E-state index contributed by atoms with van der Waals surface area (Å²) in [7, 11) is 2.03. The molecule has 4 nitrogen and oxygen atoms in total. The van der Waals surface area contributed by atoms with Crippen molar-refractivity contribution < 1.29 is 4.79 Å². The monoisotopic (exact) mass is 285 g/mol. The fraction of sp³-hybridized carbons (Fsp3) is 0.471. The van der Waals surface area contributed by atoms with Crippen LogP contribution in [0.5, 0.6) is 0 Å². The maximum atomic E-state index is 12.9. The van der Waals surface area contributed by atoms with Crippen molar-refractivity contribution in [1.29, 1.82) is 0 Å². The van der Waals surface area contributed by atoms with Crippen LogP contribution in [-0.4, -0.2) is 53.0 Å². The van der Waals surface area contributed by atoms with E-state index in [-0.39, 0.29) is 5.91 Å². The van der Waals surface area contributed by atoms with Gasteiger partial charge in [0.05, 0.1) is 5.56 Å². The van der Waals surface area contributed by atoms with Gasteiger partial charge in [-0.2, -0.15) is 0 Å². The van der Waals surface area contributed by atoms with E-state index in [4.69, 9.17) is 0 Å². The van der Waals surface area contributed by atoms with Crippen LogP contribution in [0, 0.1) is 6.92 Å². The molecule has 1 aliphatic heterocycles. The van der Waals surface area contributed by atoms with Gasteiger partial charge in [0.2, 0.25) is 0 Å². The predicted octanol–water partition coefficient (Wildman–Crippen LogP) is 2.26. The molecule has 0 spiro atoms. The van der Waals surface area contributed by atoms with Crippen LogP contribution in [0.1, 0.15) is 23.0 Å². The molecule has 4 heteroatoms. The van der Waals surface area contributed by atoms with Crippen molar-refractivity contribution in [3.05, 3.63) is 35.5 Å². The number of amides is 1. The van der Waals surface area contributed by atoms with Gasteiger partial charge in [0.25, 0.3) is 5.91 Å². The quantitative estimate of drug-likeness (QED) is 0.847. The lowest BCUT2D eigenvalue weighted by atomic mass is 10.1. The fourth-order valence-corrected chi connectivity index (χ4v) is 3.22. The lowest BCUT2D eigenvalue weighted by Crippen LogP contribution is -2.48. The molecule has 1 saturated heterocycles. The Hall–Kier alpha value is -1.81. The van der Waals surface area contributed by atoms with Crippen LogP contribution in [0.4, 0.5) is 0 Å². The molecule has 1 aromatic heterocycles. The number of piperazine rings is 1. The Labute approximate surface area is 125 Å². The molecule has 1 aliphatic rings. The molecule has 0 bridgehead atoms. The Balaban J connectivity index is 1.94. The van der Waals surface area contributed by atoms with E-state index in [0.717, 1.165) is 54.9 Å². The molecule has 2 aromatic rings. The average molecular weight is 285 g/mol. The first-order valence-corrected chi connectivity index (χ1v) is 7.69. The van der Waals surface area contributed by atoms with Gasteiger partial charge in [0, 0.05) is 49.8 Å². The molecule has 112 valence electrons. The summed E-state index contributed by atoms with van der Waals surface area (Å²) in [6, 6.07) is 8.16. The standard InChI is InChI=1S/C17H23N3O/c1-4-19-9-11-20(12-10-19)17(21)16-13(2)18(3)15-8-6-5-7-14(15)16/h5-8H,4,9-12H2,1-3H3. The van der Waals surface area contributed by atoms with E-state index in [0.29, 0.717) is 0 Å². The van der Waals surface area contributed by atoms with Gasteiger partial charge < -0.3 is 14.4 Å². The first kappa shape index (κ1) is 14.1. The number of likely N-dealkylation sites (N-methyl/N-ethyl adjacent to an activating group) is 1. The van der Waals surface area contributed by atoms with Crippen LogP contribution in [0.25, 0.3) is 10.9 Å². The van der Waals surface area contributed by atoms with Crippen molar-refractivity contribution in [2.75, 3.05) is 32.7 Å². The number of rotatable bonds is 2. The second kappa shape index (κ2) is 5.53. The van der Waals surface area contributed by atoms with Gasteiger partial charge in [-0.25, -0.2) is 0 Å². The van der Waals surface area contributed by atoms with E-state index < -0.39 is 0 Å².